The molecule has 0 saturated heterocycles. The Morgan fingerprint density at radius 1 is 0.269 bits per heavy atom. The Hall–Kier alpha value is -9.42. The van der Waals surface area contributed by atoms with E-state index >= 15 is 0 Å². The van der Waals surface area contributed by atoms with E-state index in [1.807, 2.05) is 24.3 Å². The summed E-state index contributed by atoms with van der Waals surface area (Å²) in [6, 6.07) is 84.1. The van der Waals surface area contributed by atoms with E-state index in [1.54, 1.807) is 6.07 Å². The second-order valence-corrected chi connectivity index (χ2v) is 17.2. The Morgan fingerprint density at radius 2 is 0.612 bits per heavy atom. The molecule has 3 heterocycles. The van der Waals surface area contributed by atoms with Crippen LogP contribution in [0.5, 0.6) is 0 Å². The first-order valence-corrected chi connectivity index (χ1v) is 22.5. The lowest BCUT2D eigenvalue weighted by molar-refractivity contribution is 1.16. The number of aromatic nitrogens is 3. The molecule has 10 aromatic carbocycles. The molecule has 0 spiro atoms. The van der Waals surface area contributed by atoms with Crippen LogP contribution < -0.4 is 0 Å². The summed E-state index contributed by atoms with van der Waals surface area (Å²) in [5.74, 6) is 0. The zero-order valence-electron chi connectivity index (χ0n) is 36.1. The highest BCUT2D eigenvalue weighted by Crippen LogP contribution is 2.46. The van der Waals surface area contributed by atoms with Crippen LogP contribution in [0.25, 0.3) is 116 Å². The molecule has 0 aliphatic carbocycles. The number of benzene rings is 10. The molecule has 0 radical (unpaired) electrons. The van der Waals surface area contributed by atoms with Gasteiger partial charge in [0.1, 0.15) is 0 Å². The summed E-state index contributed by atoms with van der Waals surface area (Å²) in [6.07, 6.45) is 0. The minimum atomic E-state index is 0.446. The molecule has 310 valence electrons. The number of hydrogen-bond donors (Lipinski definition) is 0. The van der Waals surface area contributed by atoms with Crippen LogP contribution in [-0.2, 0) is 0 Å². The summed E-state index contributed by atoms with van der Waals surface area (Å²) in [5, 5.41) is 27.3. The predicted octanol–water partition coefficient (Wildman–Crippen LogP) is 15.7. The van der Waals surface area contributed by atoms with Crippen LogP contribution in [0.2, 0.25) is 0 Å². The SMILES string of the molecule is N#Cc1cc(C#N)cc(-c2cc(-c3ccccc3)c(-n3c4ccc(-n5c6ccccc6c6ccccc65)cc4c4cc(-n5c6ccccc6c6ccccc65)ccc43)c(-c3ccccc3)c2)c1. The minimum absolute atomic E-state index is 0.446. The van der Waals surface area contributed by atoms with Crippen molar-refractivity contribution in [1.82, 2.24) is 13.7 Å². The first kappa shape index (κ1) is 38.1. The average Bonchev–Trinajstić information content (AvgIpc) is 4.03. The Morgan fingerprint density at radius 3 is 1.00 bits per heavy atom. The molecule has 0 amide bonds. The van der Waals surface area contributed by atoms with Crippen molar-refractivity contribution in [2.75, 3.05) is 0 Å². The monoisotopic (exact) mass is 851 g/mol. The molecular weight excluding hydrogens is 815 g/mol. The highest BCUT2D eigenvalue weighted by atomic mass is 15.0. The van der Waals surface area contributed by atoms with E-state index in [4.69, 9.17) is 0 Å². The average molecular weight is 852 g/mol. The second kappa shape index (κ2) is 15.1. The van der Waals surface area contributed by atoms with E-state index in [1.165, 1.54) is 21.5 Å². The molecule has 0 unspecified atom stereocenters. The standard InChI is InChI=1S/C62H37N5/c63-38-40-31-41(39-64)33-44(32-40)45-34-52(42-15-3-1-4-16-42)62(53(35-45)43-17-5-2-6-18-43)67-60-29-27-46(65-56-23-11-7-19-48(56)49-20-8-12-24-57(49)65)36-54(60)55-37-47(28-30-61(55)67)66-58-25-13-9-21-50(58)51-22-10-14-26-59(51)66/h1-37H. The Labute approximate surface area is 386 Å². The summed E-state index contributed by atoms with van der Waals surface area (Å²) in [5.41, 5.74) is 16.7. The number of hydrogen-bond acceptors (Lipinski definition) is 2. The maximum absolute atomic E-state index is 10.1. The molecule has 0 fully saturated rings. The van der Waals surface area contributed by atoms with Crippen molar-refractivity contribution in [2.24, 2.45) is 0 Å². The van der Waals surface area contributed by atoms with E-state index in [0.29, 0.717) is 11.1 Å². The topological polar surface area (TPSA) is 62.4 Å². The quantitative estimate of drug-likeness (QED) is 0.167. The van der Waals surface area contributed by atoms with Gasteiger partial charge in [0.05, 0.1) is 62.1 Å². The van der Waals surface area contributed by atoms with Crippen LogP contribution in [-0.4, -0.2) is 13.7 Å². The predicted molar refractivity (Wildman–Crippen MR) is 275 cm³/mol. The fourth-order valence-corrected chi connectivity index (χ4v) is 10.6. The van der Waals surface area contributed by atoms with Crippen LogP contribution in [0.3, 0.4) is 0 Å². The van der Waals surface area contributed by atoms with E-state index in [9.17, 15) is 10.5 Å². The van der Waals surface area contributed by atoms with E-state index in [2.05, 4.69) is 220 Å². The fraction of sp³-hybridized carbons (Fsp3) is 0. The van der Waals surface area contributed by atoms with E-state index in [-0.39, 0.29) is 0 Å². The lowest BCUT2D eigenvalue weighted by Crippen LogP contribution is -2.02. The van der Waals surface area contributed by atoms with Gasteiger partial charge in [0.15, 0.2) is 0 Å². The summed E-state index contributed by atoms with van der Waals surface area (Å²) in [7, 11) is 0. The molecule has 0 aliphatic heterocycles. The van der Waals surface area contributed by atoms with Crippen LogP contribution in [0.1, 0.15) is 11.1 Å². The van der Waals surface area contributed by atoms with Gasteiger partial charge in [-0.15, -0.1) is 0 Å². The third-order valence-corrected chi connectivity index (χ3v) is 13.4. The Balaban J connectivity index is 1.17. The van der Waals surface area contributed by atoms with Gasteiger partial charge in [-0.2, -0.15) is 10.5 Å². The molecule has 13 rings (SSSR count). The van der Waals surface area contributed by atoms with Gasteiger partial charge in [0.25, 0.3) is 0 Å². The third-order valence-electron chi connectivity index (χ3n) is 13.4. The zero-order valence-corrected chi connectivity index (χ0v) is 36.1. The number of nitrogens with zero attached hydrogens (tertiary/aromatic N) is 5. The van der Waals surface area contributed by atoms with Gasteiger partial charge in [0.2, 0.25) is 0 Å². The van der Waals surface area contributed by atoms with Crippen molar-refractivity contribution in [1.29, 1.82) is 10.5 Å². The molecular formula is C62H37N5. The van der Waals surface area contributed by atoms with Crippen LogP contribution in [0, 0.1) is 22.7 Å². The van der Waals surface area contributed by atoms with Crippen LogP contribution in [0.15, 0.2) is 224 Å². The lowest BCUT2D eigenvalue weighted by atomic mass is 9.90. The van der Waals surface area contributed by atoms with Gasteiger partial charge >= 0.3 is 0 Å². The highest BCUT2D eigenvalue weighted by molar-refractivity contribution is 6.15. The number of nitriles is 2. The molecule has 13 aromatic rings. The molecule has 5 nitrogen and oxygen atoms in total. The first-order chi connectivity index (χ1) is 33.1. The maximum atomic E-state index is 10.1. The van der Waals surface area contributed by atoms with Crippen molar-refractivity contribution in [3.63, 3.8) is 0 Å². The van der Waals surface area contributed by atoms with Gasteiger partial charge < -0.3 is 13.7 Å². The summed E-state index contributed by atoms with van der Waals surface area (Å²) in [4.78, 5) is 0. The van der Waals surface area contributed by atoms with Gasteiger partial charge in [-0.25, -0.2) is 0 Å². The van der Waals surface area contributed by atoms with Crippen LogP contribution in [0.4, 0.5) is 0 Å². The van der Waals surface area contributed by atoms with Gasteiger partial charge in [-0.1, -0.05) is 133 Å². The number of para-hydroxylation sites is 4. The maximum Gasteiger partial charge on any atom is 0.0992 e. The zero-order chi connectivity index (χ0) is 44.6. The lowest BCUT2D eigenvalue weighted by Gasteiger charge is -2.21. The largest absolute Gasteiger partial charge is 0.309 e. The number of fused-ring (bicyclic) bond motifs is 9. The summed E-state index contributed by atoms with van der Waals surface area (Å²) in [6.45, 7) is 0. The third kappa shape index (κ3) is 5.93. The molecule has 67 heavy (non-hydrogen) atoms. The van der Waals surface area contributed by atoms with Crippen LogP contribution >= 0.6 is 0 Å². The minimum Gasteiger partial charge on any atom is -0.309 e. The Bertz CT molecular complexity index is 3860. The van der Waals surface area contributed by atoms with Crippen molar-refractivity contribution >= 4 is 65.4 Å². The second-order valence-electron chi connectivity index (χ2n) is 17.2. The highest BCUT2D eigenvalue weighted by Gasteiger charge is 2.24. The number of rotatable bonds is 6. The molecule has 0 bridgehead atoms. The molecule has 0 atom stereocenters. The fourth-order valence-electron chi connectivity index (χ4n) is 10.6. The molecule has 0 N–H and O–H groups in total. The van der Waals surface area contributed by atoms with Gasteiger partial charge in [-0.3, -0.25) is 0 Å². The van der Waals surface area contributed by atoms with Crippen molar-refractivity contribution < 1.29 is 0 Å². The summed E-state index contributed by atoms with van der Waals surface area (Å²) >= 11 is 0. The van der Waals surface area contributed by atoms with E-state index < -0.39 is 0 Å². The normalized spacial score (nSPS) is 11.6. The molecule has 3 aromatic heterocycles. The van der Waals surface area contributed by atoms with Gasteiger partial charge in [-0.05, 0) is 113 Å². The van der Waals surface area contributed by atoms with Gasteiger partial charge in [0, 0.05) is 54.8 Å². The summed E-state index contributed by atoms with van der Waals surface area (Å²) < 4.78 is 7.25. The van der Waals surface area contributed by atoms with Crippen molar-refractivity contribution in [3.8, 4) is 62.6 Å². The van der Waals surface area contributed by atoms with E-state index in [0.717, 1.165) is 94.3 Å². The first-order valence-electron chi connectivity index (χ1n) is 22.5. The Kier molecular flexibility index (Phi) is 8.58. The molecule has 5 heteroatoms. The smallest absolute Gasteiger partial charge is 0.0992 e. The van der Waals surface area contributed by atoms with Crippen molar-refractivity contribution in [2.45, 2.75) is 0 Å². The molecule has 0 saturated carbocycles. The van der Waals surface area contributed by atoms with Crippen molar-refractivity contribution in [3.05, 3.63) is 236 Å². The molecule has 0 aliphatic rings.